The molecule has 23 heavy (non-hydrogen) atoms. The molecule has 1 fully saturated rings. The van der Waals surface area contributed by atoms with Gasteiger partial charge < -0.3 is 9.47 Å². The molecule has 0 spiro atoms. The van der Waals surface area contributed by atoms with E-state index in [1.807, 2.05) is 13.0 Å². The van der Waals surface area contributed by atoms with Crippen molar-refractivity contribution in [3.63, 3.8) is 0 Å². The minimum Gasteiger partial charge on any atom is -0.346 e. The summed E-state index contributed by atoms with van der Waals surface area (Å²) < 4.78 is 11.4. The first-order valence-corrected chi connectivity index (χ1v) is 7.78. The third-order valence-corrected chi connectivity index (χ3v) is 3.70. The third kappa shape index (κ3) is 5.01. The monoisotopic (exact) mass is 317 g/mol. The zero-order valence-electron chi connectivity index (χ0n) is 13.8. The fraction of sp³-hybridized carbons (Fsp3) is 0.444. The van der Waals surface area contributed by atoms with Crippen molar-refractivity contribution in [2.75, 3.05) is 6.61 Å². The van der Waals surface area contributed by atoms with E-state index in [0.29, 0.717) is 12.2 Å². The molecule has 0 bridgehead atoms. The molecule has 1 aromatic carbocycles. The Morgan fingerprint density at radius 3 is 2.78 bits per heavy atom. The molecule has 0 saturated carbocycles. The lowest BCUT2D eigenvalue weighted by Crippen LogP contribution is -2.07. The van der Waals surface area contributed by atoms with Crippen LogP contribution in [0.4, 0.5) is 5.69 Å². The van der Waals surface area contributed by atoms with Crippen LogP contribution in [0, 0.1) is 10.1 Å². The molecule has 5 nitrogen and oxygen atoms in total. The number of allylic oxidation sites excluding steroid dienone is 3. The molecule has 2 unspecified atom stereocenters. The Labute approximate surface area is 136 Å². The maximum Gasteiger partial charge on any atom is 0.275 e. The summed E-state index contributed by atoms with van der Waals surface area (Å²) in [6.45, 7) is 6.54. The van der Waals surface area contributed by atoms with Gasteiger partial charge in [0.15, 0.2) is 6.29 Å². The van der Waals surface area contributed by atoms with Crippen LogP contribution in [-0.2, 0) is 9.47 Å². The molecular formula is C18H23NO4. The molecule has 1 aliphatic rings. The first-order valence-electron chi connectivity index (χ1n) is 7.78. The second kappa shape index (κ2) is 8.04. The van der Waals surface area contributed by atoms with E-state index >= 15 is 0 Å². The summed E-state index contributed by atoms with van der Waals surface area (Å²) in [6.07, 6.45) is 5.25. The second-order valence-electron chi connectivity index (χ2n) is 5.98. The lowest BCUT2D eigenvalue weighted by molar-refractivity contribution is -0.386. The molecule has 2 rings (SSSR count). The van der Waals surface area contributed by atoms with E-state index in [4.69, 9.17) is 9.47 Å². The number of rotatable bonds is 6. The van der Waals surface area contributed by atoms with Crippen LogP contribution in [0.25, 0.3) is 0 Å². The molecule has 5 heteroatoms. The fourth-order valence-corrected chi connectivity index (χ4v) is 2.50. The van der Waals surface area contributed by atoms with Crippen molar-refractivity contribution in [2.45, 2.75) is 46.0 Å². The van der Waals surface area contributed by atoms with E-state index in [0.717, 1.165) is 12.8 Å². The highest BCUT2D eigenvalue weighted by Gasteiger charge is 2.30. The molecule has 0 aromatic heterocycles. The summed E-state index contributed by atoms with van der Waals surface area (Å²) in [5, 5.41) is 11.1. The van der Waals surface area contributed by atoms with E-state index in [1.54, 1.807) is 18.2 Å². The number of nitrogens with zero attached hydrogens (tertiary/aromatic N) is 1. The van der Waals surface area contributed by atoms with Gasteiger partial charge in [0, 0.05) is 6.07 Å². The van der Waals surface area contributed by atoms with Crippen LogP contribution in [0.2, 0.25) is 0 Å². The Bertz CT molecular complexity index is 617. The third-order valence-electron chi connectivity index (χ3n) is 3.70. The minimum absolute atomic E-state index is 0.0750. The Balaban J connectivity index is 1.99. The van der Waals surface area contributed by atoms with Gasteiger partial charge in [-0.05, 0) is 45.8 Å². The number of benzene rings is 1. The van der Waals surface area contributed by atoms with Gasteiger partial charge in [0.25, 0.3) is 5.69 Å². The van der Waals surface area contributed by atoms with E-state index in [-0.39, 0.29) is 10.6 Å². The first-order chi connectivity index (χ1) is 11.0. The van der Waals surface area contributed by atoms with Crippen molar-refractivity contribution in [3.05, 3.63) is 63.2 Å². The molecule has 0 N–H and O–H groups in total. The van der Waals surface area contributed by atoms with Gasteiger partial charge in [-0.1, -0.05) is 29.4 Å². The second-order valence-corrected chi connectivity index (χ2v) is 5.98. The molecule has 1 saturated heterocycles. The van der Waals surface area contributed by atoms with Gasteiger partial charge in [0.1, 0.15) is 6.10 Å². The lowest BCUT2D eigenvalue weighted by Gasteiger charge is -2.10. The van der Waals surface area contributed by atoms with Crippen molar-refractivity contribution < 1.29 is 14.4 Å². The van der Waals surface area contributed by atoms with Crippen molar-refractivity contribution in [3.8, 4) is 0 Å². The largest absolute Gasteiger partial charge is 0.346 e. The summed E-state index contributed by atoms with van der Waals surface area (Å²) in [6, 6.07) is 6.65. The van der Waals surface area contributed by atoms with Gasteiger partial charge in [-0.25, -0.2) is 0 Å². The molecule has 124 valence electrons. The SMILES string of the molecule is CC(C)=CCC/C(C)=C/C1OCC(c2ccccc2[N+](=O)[O-])O1. The van der Waals surface area contributed by atoms with E-state index < -0.39 is 12.4 Å². The Morgan fingerprint density at radius 2 is 2.09 bits per heavy atom. The van der Waals surface area contributed by atoms with Crippen LogP contribution in [0.15, 0.2) is 47.6 Å². The Kier molecular flexibility index (Phi) is 6.07. The van der Waals surface area contributed by atoms with E-state index in [1.165, 1.54) is 17.2 Å². The highest BCUT2D eigenvalue weighted by molar-refractivity contribution is 5.41. The molecule has 0 radical (unpaired) electrons. The van der Waals surface area contributed by atoms with Crippen molar-refractivity contribution in [1.29, 1.82) is 0 Å². The van der Waals surface area contributed by atoms with Crippen LogP contribution >= 0.6 is 0 Å². The predicted molar refractivity (Wildman–Crippen MR) is 89.1 cm³/mol. The van der Waals surface area contributed by atoms with Crippen molar-refractivity contribution in [1.82, 2.24) is 0 Å². The standard InChI is InChI=1S/C18H23NO4/c1-13(2)7-6-8-14(3)11-18-22-12-17(23-18)15-9-4-5-10-16(15)19(20)21/h4-5,7,9-11,17-18H,6,8,12H2,1-3H3/b14-11+. The van der Waals surface area contributed by atoms with Gasteiger partial charge in [-0.15, -0.1) is 0 Å². The Hall–Kier alpha value is -1.98. The van der Waals surface area contributed by atoms with Gasteiger partial charge in [-0.3, -0.25) is 10.1 Å². The van der Waals surface area contributed by atoms with Gasteiger partial charge in [0.2, 0.25) is 0 Å². The van der Waals surface area contributed by atoms with Crippen LogP contribution < -0.4 is 0 Å². The summed E-state index contributed by atoms with van der Waals surface area (Å²) in [4.78, 5) is 10.7. The van der Waals surface area contributed by atoms with Crippen LogP contribution in [0.3, 0.4) is 0 Å². The highest BCUT2D eigenvalue weighted by atomic mass is 16.7. The van der Waals surface area contributed by atoms with Crippen molar-refractivity contribution in [2.24, 2.45) is 0 Å². The van der Waals surface area contributed by atoms with E-state index in [2.05, 4.69) is 19.9 Å². The number of para-hydroxylation sites is 1. The molecule has 0 amide bonds. The Morgan fingerprint density at radius 1 is 1.35 bits per heavy atom. The summed E-state index contributed by atoms with van der Waals surface area (Å²) in [7, 11) is 0. The highest BCUT2D eigenvalue weighted by Crippen LogP contribution is 2.33. The topological polar surface area (TPSA) is 61.6 Å². The average molecular weight is 317 g/mol. The number of nitro groups is 1. The lowest BCUT2D eigenvalue weighted by atomic mass is 10.1. The maximum absolute atomic E-state index is 11.1. The summed E-state index contributed by atoms with van der Waals surface area (Å²) >= 11 is 0. The van der Waals surface area contributed by atoms with Crippen LogP contribution in [0.1, 0.15) is 45.3 Å². The number of hydrogen-bond acceptors (Lipinski definition) is 4. The van der Waals surface area contributed by atoms with Crippen LogP contribution in [-0.4, -0.2) is 17.8 Å². The fourth-order valence-electron chi connectivity index (χ4n) is 2.50. The number of hydrogen-bond donors (Lipinski definition) is 0. The summed E-state index contributed by atoms with van der Waals surface area (Å²) in [5.41, 5.74) is 3.14. The molecule has 2 atom stereocenters. The average Bonchev–Trinajstić information content (AvgIpc) is 2.95. The molecule has 1 heterocycles. The normalized spacial score (nSPS) is 21.3. The maximum atomic E-state index is 11.1. The number of ether oxygens (including phenoxy) is 2. The number of nitro benzene ring substituents is 1. The van der Waals surface area contributed by atoms with Crippen molar-refractivity contribution >= 4 is 5.69 Å². The van der Waals surface area contributed by atoms with E-state index in [9.17, 15) is 10.1 Å². The minimum atomic E-state index is -0.438. The van der Waals surface area contributed by atoms with Crippen LogP contribution in [0.5, 0.6) is 0 Å². The molecule has 1 aromatic rings. The zero-order valence-corrected chi connectivity index (χ0v) is 13.8. The smallest absolute Gasteiger partial charge is 0.275 e. The van der Waals surface area contributed by atoms with Gasteiger partial charge >= 0.3 is 0 Å². The first kappa shape index (κ1) is 17.4. The predicted octanol–water partition coefficient (Wildman–Crippen LogP) is 4.70. The van der Waals surface area contributed by atoms with Gasteiger partial charge in [0.05, 0.1) is 17.1 Å². The molecule has 1 aliphatic heterocycles. The zero-order chi connectivity index (χ0) is 16.8. The van der Waals surface area contributed by atoms with Gasteiger partial charge in [-0.2, -0.15) is 0 Å². The summed E-state index contributed by atoms with van der Waals surface area (Å²) in [5.74, 6) is 0. The molecule has 0 aliphatic carbocycles. The molecular weight excluding hydrogens is 294 g/mol. The quantitative estimate of drug-likeness (QED) is 0.433.